The van der Waals surface area contributed by atoms with E-state index in [1.165, 1.54) is 186 Å². The van der Waals surface area contributed by atoms with Crippen molar-refractivity contribution >= 4 is 18.2 Å². The predicted molar refractivity (Wildman–Crippen MR) is 274 cm³/mol. The summed E-state index contributed by atoms with van der Waals surface area (Å²) in [4.78, 5) is 21.9. The van der Waals surface area contributed by atoms with Gasteiger partial charge in [-0.15, -0.1) is 0 Å². The van der Waals surface area contributed by atoms with Crippen molar-refractivity contribution in [1.29, 1.82) is 0 Å². The van der Waals surface area contributed by atoms with Gasteiger partial charge in [0.2, 0.25) is 0 Å². The van der Waals surface area contributed by atoms with E-state index in [0.29, 0.717) is 24.1 Å². The number of nitrogens with zero attached hydrogens (tertiary/aromatic N) is 2. The number of hydrogen-bond acceptors (Lipinski definition) is 8. The molecule has 0 aliphatic carbocycles. The van der Waals surface area contributed by atoms with Crippen molar-refractivity contribution in [1.82, 2.24) is 14.9 Å². The molecule has 63 heavy (non-hydrogen) atoms. The number of nitrogens with two attached hydrogens (primary N) is 1. The highest BCUT2D eigenvalue weighted by molar-refractivity contribution is 7.71. The minimum absolute atomic E-state index is 0. The van der Waals surface area contributed by atoms with Gasteiger partial charge in [-0.1, -0.05) is 175 Å². The smallest absolute Gasteiger partial charge is 0.306 e. The van der Waals surface area contributed by atoms with Gasteiger partial charge in [-0.2, -0.15) is 0 Å². The van der Waals surface area contributed by atoms with Crippen LogP contribution in [0, 0.1) is 4.77 Å². The van der Waals surface area contributed by atoms with E-state index in [4.69, 9.17) is 19.9 Å². The fourth-order valence-corrected chi connectivity index (χ4v) is 8.04. The van der Waals surface area contributed by atoms with Crippen LogP contribution in [0.15, 0.2) is 18.5 Å². The van der Waals surface area contributed by atoms with Crippen LogP contribution in [0.25, 0.3) is 0 Å². The molecule has 378 valence electrons. The molecule has 0 saturated heterocycles. The van der Waals surface area contributed by atoms with E-state index in [9.17, 15) is 4.79 Å². The van der Waals surface area contributed by atoms with Gasteiger partial charge in [-0.3, -0.25) is 4.79 Å². The van der Waals surface area contributed by atoms with E-state index in [0.717, 1.165) is 64.6 Å². The second-order valence-electron chi connectivity index (χ2n) is 17.7. The van der Waals surface area contributed by atoms with Crippen molar-refractivity contribution in [2.24, 2.45) is 5.73 Å². The van der Waals surface area contributed by atoms with Crippen molar-refractivity contribution in [2.45, 2.75) is 265 Å². The van der Waals surface area contributed by atoms with Crippen LogP contribution in [0.5, 0.6) is 0 Å². The molecule has 0 aromatic carbocycles. The second kappa shape index (κ2) is 54.9. The summed E-state index contributed by atoms with van der Waals surface area (Å²) in [6.45, 7) is 14.6. The van der Waals surface area contributed by atoms with Gasteiger partial charge in [0.1, 0.15) is 12.9 Å². The summed E-state index contributed by atoms with van der Waals surface area (Å²) in [5.41, 5.74) is 5.86. The Balaban J connectivity index is -0.00000163. The fourth-order valence-electron chi connectivity index (χ4n) is 7.92. The van der Waals surface area contributed by atoms with Crippen molar-refractivity contribution in [2.75, 3.05) is 39.6 Å². The molecule has 0 spiro atoms. The first-order chi connectivity index (χ1) is 30.0. The highest BCUT2D eigenvalue weighted by atomic mass is 32.1. The average Bonchev–Trinajstić information content (AvgIpc) is 3.27. The SMILES string of the molecule is CCCCCCCCC(CC)OCOCCCCCCCCN(CCCN)CCCCCCCC(=O)OC(CCCCCCCC)CCCCCCCC.O.O.S=c1nccc[nH]1.[HH]. The third-order valence-electron chi connectivity index (χ3n) is 11.9. The number of aromatic nitrogens is 2. The normalized spacial score (nSPS) is 11.5. The van der Waals surface area contributed by atoms with Gasteiger partial charge in [0.15, 0.2) is 4.77 Å². The maximum atomic E-state index is 12.8. The molecule has 0 fully saturated rings. The van der Waals surface area contributed by atoms with Crippen LogP contribution in [-0.2, 0) is 19.0 Å². The van der Waals surface area contributed by atoms with Gasteiger partial charge in [0.25, 0.3) is 0 Å². The highest BCUT2D eigenvalue weighted by Gasteiger charge is 2.14. The van der Waals surface area contributed by atoms with Gasteiger partial charge in [-0.05, 0) is 115 Å². The summed E-state index contributed by atoms with van der Waals surface area (Å²) in [6.07, 6.45) is 47.0. The van der Waals surface area contributed by atoms with E-state index in [2.05, 4.69) is 54.8 Å². The zero-order valence-corrected chi connectivity index (χ0v) is 42.7. The fraction of sp³-hybridized carbons (Fsp3) is 0.904. The Morgan fingerprint density at radius 2 is 1.08 bits per heavy atom. The standard InChI is InChI=1S/C48H98N2O4.C4H4N2S.2H2O.H2/c1-5-9-12-15-21-28-36-46(8-4)53-45-52-44-34-27-19-18-25-32-41-50(43-35-40-49)42-33-26-20-24-31-39-48(51)54-47(37-29-22-16-13-10-6-2)38-30-23-17-14-11-7-3;7-4-5-2-1-3-6-4;;;/h46-47H,5-45,49H2,1-4H3;1-3H,(H,5,6,7);2*1H2;1H. The molecule has 0 amide bonds. The number of H-pyrrole nitrogens is 1. The number of nitrogens with one attached hydrogen (secondary N) is 1. The Labute approximate surface area is 396 Å². The Morgan fingerprint density at radius 1 is 0.635 bits per heavy atom. The third-order valence-corrected chi connectivity index (χ3v) is 12.1. The minimum atomic E-state index is 0. The largest absolute Gasteiger partial charge is 0.462 e. The monoisotopic (exact) mass is 917 g/mol. The van der Waals surface area contributed by atoms with Crippen LogP contribution in [0.3, 0.4) is 0 Å². The molecule has 0 saturated carbocycles. The first-order valence-electron chi connectivity index (χ1n) is 26.3. The summed E-state index contributed by atoms with van der Waals surface area (Å²) in [6, 6.07) is 1.79. The number of ether oxygens (including phenoxy) is 3. The van der Waals surface area contributed by atoms with Crippen LogP contribution < -0.4 is 5.73 Å². The second-order valence-corrected chi connectivity index (χ2v) is 18.1. The maximum Gasteiger partial charge on any atom is 0.306 e. The highest BCUT2D eigenvalue weighted by Crippen LogP contribution is 2.19. The summed E-state index contributed by atoms with van der Waals surface area (Å²) in [7, 11) is 0. The molecule has 0 bridgehead atoms. The van der Waals surface area contributed by atoms with E-state index < -0.39 is 0 Å². The molecule has 1 rings (SSSR count). The van der Waals surface area contributed by atoms with Gasteiger partial charge in [-0.25, -0.2) is 4.98 Å². The lowest BCUT2D eigenvalue weighted by atomic mass is 10.0. The summed E-state index contributed by atoms with van der Waals surface area (Å²) in [5.74, 6) is 0.0438. The molecule has 10 nitrogen and oxygen atoms in total. The summed E-state index contributed by atoms with van der Waals surface area (Å²) >= 11 is 4.65. The Kier molecular flexibility index (Phi) is 57.3. The van der Waals surface area contributed by atoms with Gasteiger partial charge in [0.05, 0.1) is 6.10 Å². The maximum absolute atomic E-state index is 12.8. The number of esters is 1. The predicted octanol–water partition coefficient (Wildman–Crippen LogP) is 14.0. The summed E-state index contributed by atoms with van der Waals surface area (Å²) in [5, 5.41) is 0. The molecule has 1 aromatic rings. The minimum Gasteiger partial charge on any atom is -0.462 e. The van der Waals surface area contributed by atoms with Crippen molar-refractivity contribution in [3.8, 4) is 0 Å². The number of carbonyl (C=O) groups is 1. The Hall–Kier alpha value is -1.47. The van der Waals surface area contributed by atoms with E-state index >= 15 is 0 Å². The lowest BCUT2D eigenvalue weighted by Gasteiger charge is -2.22. The molecular formula is C52H108N4O6S. The van der Waals surface area contributed by atoms with Crippen LogP contribution in [0.2, 0.25) is 0 Å². The van der Waals surface area contributed by atoms with Crippen LogP contribution >= 0.6 is 12.2 Å². The molecule has 1 heterocycles. The molecule has 11 heteroatoms. The van der Waals surface area contributed by atoms with Crippen LogP contribution in [0.4, 0.5) is 0 Å². The quantitative estimate of drug-likeness (QED) is 0.0282. The van der Waals surface area contributed by atoms with Gasteiger partial charge >= 0.3 is 5.97 Å². The number of carbonyl (C=O) groups excluding carboxylic acids is 1. The first kappa shape index (κ1) is 65.8. The van der Waals surface area contributed by atoms with Crippen LogP contribution in [0.1, 0.15) is 254 Å². The lowest BCUT2D eigenvalue weighted by molar-refractivity contribution is -0.150. The molecule has 1 atom stereocenters. The zero-order chi connectivity index (χ0) is 44.5. The van der Waals surface area contributed by atoms with Gasteiger partial charge < -0.3 is 40.8 Å². The van der Waals surface area contributed by atoms with Crippen molar-refractivity contribution < 1.29 is 31.4 Å². The molecule has 0 radical (unpaired) electrons. The average molecular weight is 918 g/mol. The Morgan fingerprint density at radius 3 is 1.52 bits per heavy atom. The van der Waals surface area contributed by atoms with Crippen LogP contribution in [-0.4, -0.2) is 83.6 Å². The van der Waals surface area contributed by atoms with E-state index in [-0.39, 0.29) is 24.5 Å². The van der Waals surface area contributed by atoms with Gasteiger partial charge in [0, 0.05) is 26.8 Å². The lowest BCUT2D eigenvalue weighted by Crippen LogP contribution is -2.28. The number of unbranched alkanes of at least 4 members (excludes halogenated alkanes) is 24. The molecule has 1 unspecified atom stereocenters. The molecule has 0 aliphatic rings. The third kappa shape index (κ3) is 49.8. The Bertz CT molecular complexity index is 1040. The van der Waals surface area contributed by atoms with E-state index in [1.54, 1.807) is 18.5 Å². The molecule has 7 N–H and O–H groups in total. The zero-order valence-electron chi connectivity index (χ0n) is 41.9. The van der Waals surface area contributed by atoms with E-state index in [1.807, 2.05) is 0 Å². The number of aromatic amines is 1. The number of rotatable bonds is 46. The summed E-state index contributed by atoms with van der Waals surface area (Å²) < 4.78 is 18.4. The molecular weight excluding hydrogens is 809 g/mol. The topological polar surface area (TPSA) is 166 Å². The first-order valence-corrected chi connectivity index (χ1v) is 26.7. The number of hydrogen-bond donors (Lipinski definition) is 2. The van der Waals surface area contributed by atoms with Crippen molar-refractivity contribution in [3.05, 3.63) is 23.2 Å². The van der Waals surface area contributed by atoms with Crippen molar-refractivity contribution in [3.63, 3.8) is 0 Å². The molecule has 0 aliphatic heterocycles. The molecule has 1 aromatic heterocycles.